The molecule has 0 aromatic carbocycles. The zero-order chi connectivity index (χ0) is 20.0. The van der Waals surface area contributed by atoms with Gasteiger partial charge in [0.1, 0.15) is 0 Å². The number of nitrogens with one attached hydrogen (secondary N) is 2. The van der Waals surface area contributed by atoms with Crippen LogP contribution in [0.4, 0.5) is 8.63 Å². The summed E-state index contributed by atoms with van der Waals surface area (Å²) in [5, 5.41) is 6.09. The van der Waals surface area contributed by atoms with Gasteiger partial charge in [-0.3, -0.25) is 18.4 Å². The second kappa shape index (κ2) is 9.64. The number of allylic oxidation sites excluding steroid dienone is 2. The van der Waals surface area contributed by atoms with Crippen molar-refractivity contribution in [3.8, 4) is 0 Å². The first-order chi connectivity index (χ1) is 12.8. The zero-order valence-electron chi connectivity index (χ0n) is 16.4. The van der Waals surface area contributed by atoms with Crippen LogP contribution in [0.3, 0.4) is 0 Å². The molecule has 2 rings (SSSR count). The molecular weight excluding hydrogens is 349 g/mol. The largest absolute Gasteiger partial charge is 0.677 e. The van der Waals surface area contributed by atoms with Gasteiger partial charge in [-0.05, 0) is 50.1 Å². The summed E-state index contributed by atoms with van der Waals surface area (Å²) in [6.45, 7) is 8.90. The highest BCUT2D eigenvalue weighted by atomic mass is 19.2. The second-order valence-electron chi connectivity index (χ2n) is 6.97. The smallest absolute Gasteiger partial charge is 0.355 e. The molecule has 0 spiro atoms. The summed E-state index contributed by atoms with van der Waals surface area (Å²) in [4.78, 5) is 16.3. The van der Waals surface area contributed by atoms with Crippen LogP contribution in [0.1, 0.15) is 43.6 Å². The average Bonchev–Trinajstić information content (AvgIpc) is 3.14. The van der Waals surface area contributed by atoms with Crippen molar-refractivity contribution in [2.75, 3.05) is 13.1 Å². The molecule has 5 nitrogen and oxygen atoms in total. The highest BCUT2D eigenvalue weighted by Gasteiger charge is 2.23. The lowest BCUT2D eigenvalue weighted by atomic mass is 10.1. The highest BCUT2D eigenvalue weighted by molar-refractivity contribution is 6.41. The molecule has 2 N–H and O–H groups in total. The van der Waals surface area contributed by atoms with Crippen LogP contribution >= 0.6 is 0 Å². The Morgan fingerprint density at radius 2 is 2.04 bits per heavy atom. The van der Waals surface area contributed by atoms with Crippen LogP contribution in [-0.2, 0) is 4.79 Å². The lowest BCUT2D eigenvalue weighted by molar-refractivity contribution is -0.120. The van der Waals surface area contributed by atoms with E-state index < -0.39 is 7.40 Å². The number of aromatic nitrogens is 1. The van der Waals surface area contributed by atoms with E-state index in [4.69, 9.17) is 0 Å². The Morgan fingerprint density at radius 1 is 1.30 bits per heavy atom. The molecule has 146 valence electrons. The van der Waals surface area contributed by atoms with Gasteiger partial charge < -0.3 is 15.1 Å². The molecule has 2 heterocycles. The van der Waals surface area contributed by atoms with E-state index in [1.165, 1.54) is 0 Å². The molecule has 0 saturated carbocycles. The van der Waals surface area contributed by atoms with Crippen molar-refractivity contribution in [2.24, 2.45) is 4.99 Å². The second-order valence-corrected chi connectivity index (χ2v) is 6.97. The summed E-state index contributed by atoms with van der Waals surface area (Å²) in [5.74, 6) is -0.0212. The standard InChI is InChI=1S/C19H27BF2N4O/c1-13(2)23-9-10-24-19(27)8-7-16-5-6-17(25-16)12-18-14(3)11-15(4)26(18)20(21)22/h5-6,11-13,23H,7-10H2,1-4H3,(H,24,27)/b17-12-. The first kappa shape index (κ1) is 21.1. The number of nitrogens with zero attached hydrogens (tertiary/aromatic N) is 2. The molecule has 0 radical (unpaired) electrons. The van der Waals surface area contributed by atoms with Crippen molar-refractivity contribution < 1.29 is 13.4 Å². The van der Waals surface area contributed by atoms with E-state index in [1.807, 2.05) is 6.08 Å². The minimum absolute atomic E-state index is 0.0212. The first-order valence-corrected chi connectivity index (χ1v) is 9.22. The molecule has 1 aliphatic heterocycles. The van der Waals surface area contributed by atoms with Gasteiger partial charge in [0, 0.05) is 42.7 Å². The molecule has 0 fully saturated rings. The third-order valence-corrected chi connectivity index (χ3v) is 4.28. The number of halogens is 2. The average molecular weight is 376 g/mol. The number of carbonyl (C=O) groups excluding carboxylic acids is 1. The normalized spacial score (nSPS) is 14.9. The summed E-state index contributed by atoms with van der Waals surface area (Å²) >= 11 is 0. The lowest BCUT2D eigenvalue weighted by Gasteiger charge is -2.08. The number of rotatable bonds is 9. The predicted octanol–water partition coefficient (Wildman–Crippen LogP) is 3.12. The fourth-order valence-corrected chi connectivity index (χ4v) is 2.95. The van der Waals surface area contributed by atoms with Gasteiger partial charge in [0.15, 0.2) is 0 Å². The van der Waals surface area contributed by atoms with Gasteiger partial charge in [-0.25, -0.2) is 0 Å². The van der Waals surface area contributed by atoms with E-state index in [1.54, 1.807) is 32.1 Å². The summed E-state index contributed by atoms with van der Waals surface area (Å²) in [7, 11) is -2.59. The Morgan fingerprint density at radius 3 is 2.70 bits per heavy atom. The van der Waals surface area contributed by atoms with Gasteiger partial charge in [0.25, 0.3) is 0 Å². The number of carbonyl (C=O) groups is 1. The maximum atomic E-state index is 13.3. The van der Waals surface area contributed by atoms with Gasteiger partial charge in [-0.15, -0.1) is 0 Å². The highest BCUT2D eigenvalue weighted by Crippen LogP contribution is 2.22. The molecule has 1 aromatic rings. The van der Waals surface area contributed by atoms with Gasteiger partial charge >= 0.3 is 7.40 Å². The molecule has 0 atom stereocenters. The van der Waals surface area contributed by atoms with E-state index in [9.17, 15) is 13.4 Å². The zero-order valence-corrected chi connectivity index (χ0v) is 16.4. The van der Waals surface area contributed by atoms with E-state index in [-0.39, 0.29) is 5.91 Å². The van der Waals surface area contributed by atoms with Gasteiger partial charge in [0.05, 0.1) is 5.70 Å². The molecule has 1 aliphatic rings. The third kappa shape index (κ3) is 6.17. The fourth-order valence-electron chi connectivity index (χ4n) is 2.95. The number of amides is 1. The fraction of sp³-hybridized carbons (Fsp3) is 0.474. The Kier molecular flexibility index (Phi) is 7.53. The molecule has 27 heavy (non-hydrogen) atoms. The quantitative estimate of drug-likeness (QED) is 0.514. The van der Waals surface area contributed by atoms with Crippen molar-refractivity contribution >= 4 is 25.1 Å². The maximum absolute atomic E-state index is 13.3. The van der Waals surface area contributed by atoms with Crippen LogP contribution in [0.2, 0.25) is 0 Å². The molecule has 1 aromatic heterocycles. The monoisotopic (exact) mass is 376 g/mol. The topological polar surface area (TPSA) is 58.4 Å². The first-order valence-electron chi connectivity index (χ1n) is 9.22. The molecule has 0 saturated heterocycles. The summed E-state index contributed by atoms with van der Waals surface area (Å²) in [6, 6.07) is 2.13. The van der Waals surface area contributed by atoms with E-state index >= 15 is 0 Å². The van der Waals surface area contributed by atoms with Crippen LogP contribution in [0.5, 0.6) is 0 Å². The van der Waals surface area contributed by atoms with Crippen molar-refractivity contribution in [2.45, 2.75) is 46.6 Å². The SMILES string of the molecule is Cc1cc(C)n(B(F)F)c1/C=C1/C=CC(CCC(=O)NCCNC(C)C)=N1. The third-order valence-electron chi connectivity index (χ3n) is 4.28. The van der Waals surface area contributed by atoms with Crippen molar-refractivity contribution in [1.29, 1.82) is 0 Å². The molecule has 0 aliphatic carbocycles. The molecular formula is C19H27BF2N4O. The van der Waals surface area contributed by atoms with E-state index in [0.29, 0.717) is 42.5 Å². The predicted molar refractivity (Wildman–Crippen MR) is 107 cm³/mol. The Bertz CT molecular complexity index is 766. The lowest BCUT2D eigenvalue weighted by Crippen LogP contribution is -2.34. The Hall–Kier alpha value is -2.22. The van der Waals surface area contributed by atoms with Gasteiger partial charge in [-0.1, -0.05) is 13.8 Å². The molecule has 0 unspecified atom stereocenters. The van der Waals surface area contributed by atoms with Crippen molar-refractivity contribution in [1.82, 2.24) is 15.1 Å². The van der Waals surface area contributed by atoms with E-state index in [0.717, 1.165) is 22.3 Å². The number of aliphatic imine (C=N–C) groups is 1. The van der Waals surface area contributed by atoms with E-state index in [2.05, 4.69) is 29.5 Å². The minimum Gasteiger partial charge on any atom is -0.355 e. The number of hydrogen-bond acceptors (Lipinski definition) is 3. The molecule has 8 heteroatoms. The van der Waals surface area contributed by atoms with Crippen LogP contribution in [0.25, 0.3) is 6.08 Å². The molecule has 0 bridgehead atoms. The van der Waals surface area contributed by atoms with Crippen LogP contribution < -0.4 is 10.6 Å². The van der Waals surface area contributed by atoms with Crippen LogP contribution in [0.15, 0.2) is 28.9 Å². The Balaban J connectivity index is 1.91. The van der Waals surface area contributed by atoms with Crippen LogP contribution in [-0.4, -0.2) is 42.6 Å². The maximum Gasteiger partial charge on any atom is 0.677 e. The Labute approximate surface area is 159 Å². The molecule has 1 amide bonds. The van der Waals surface area contributed by atoms with Crippen molar-refractivity contribution in [3.05, 3.63) is 40.9 Å². The number of hydrogen-bond donors (Lipinski definition) is 2. The van der Waals surface area contributed by atoms with Crippen LogP contribution in [0, 0.1) is 13.8 Å². The summed E-state index contributed by atoms with van der Waals surface area (Å²) in [5.41, 5.74) is 3.16. The van der Waals surface area contributed by atoms with Gasteiger partial charge in [0.2, 0.25) is 5.91 Å². The summed E-state index contributed by atoms with van der Waals surface area (Å²) in [6.07, 6.45) is 6.15. The van der Waals surface area contributed by atoms with Gasteiger partial charge in [-0.2, -0.15) is 0 Å². The minimum atomic E-state index is -2.59. The number of aryl methyl sites for hydroxylation is 2. The van der Waals surface area contributed by atoms with Crippen molar-refractivity contribution in [3.63, 3.8) is 0 Å². The summed E-state index contributed by atoms with van der Waals surface area (Å²) < 4.78 is 27.5.